The van der Waals surface area contributed by atoms with Gasteiger partial charge in [0.05, 0.1) is 62.2 Å². The molecule has 0 saturated carbocycles. The highest BCUT2D eigenvalue weighted by Gasteiger charge is 2.35. The van der Waals surface area contributed by atoms with Crippen molar-refractivity contribution in [3.05, 3.63) is 60.2 Å². The maximum Gasteiger partial charge on any atom is 0.433 e. The smallest absolute Gasteiger partial charge is 0.433 e. The van der Waals surface area contributed by atoms with Crippen molar-refractivity contribution in [3.8, 4) is 11.5 Å². The fraction of sp³-hybridized carbons (Fsp3) is 0.421. The molecule has 2 fully saturated rings. The molecule has 0 unspecified atom stereocenters. The molecule has 2 aromatic carbocycles. The number of carboxylic acids is 4. The number of hydrogen-bond acceptors (Lipinski definition) is 11. The van der Waals surface area contributed by atoms with Crippen molar-refractivity contribution in [2.24, 2.45) is 0 Å². The molecule has 0 bridgehead atoms. The van der Waals surface area contributed by atoms with E-state index < -0.39 is 41.6 Å². The predicted octanol–water partition coefficient (Wildman–Crippen LogP) is 5.62. The van der Waals surface area contributed by atoms with Crippen LogP contribution >= 0.6 is 0 Å². The molecule has 0 amide bonds. The Kier molecular flexibility index (Phi) is 15.2. The van der Waals surface area contributed by atoms with Gasteiger partial charge in [0.25, 0.3) is 0 Å². The van der Waals surface area contributed by atoms with Crippen LogP contribution in [0.1, 0.15) is 44.2 Å². The van der Waals surface area contributed by atoms with E-state index in [1.165, 1.54) is 19.2 Å². The summed E-state index contributed by atoms with van der Waals surface area (Å²) in [5.74, 6) is -4.33. The van der Waals surface area contributed by atoms with Gasteiger partial charge in [0.1, 0.15) is 28.5 Å². The Balaban J connectivity index is 0.000000379. The first kappa shape index (κ1) is 43.7. The summed E-state index contributed by atoms with van der Waals surface area (Å²) in [7, 11) is 2.90. The minimum Gasteiger partial charge on any atom is -0.497 e. The number of methoxy groups -OCH3 is 2. The quantitative estimate of drug-likeness (QED) is 0.136. The molecule has 4 heterocycles. The first-order valence-electron chi connectivity index (χ1n) is 17.8. The predicted molar refractivity (Wildman–Crippen MR) is 200 cm³/mol. The lowest BCUT2D eigenvalue weighted by Gasteiger charge is -2.44. The van der Waals surface area contributed by atoms with Crippen LogP contribution in [0.3, 0.4) is 0 Å². The van der Waals surface area contributed by atoms with Gasteiger partial charge in [-0.3, -0.25) is 29.1 Å². The highest BCUT2D eigenvalue weighted by molar-refractivity contribution is 5.96. The second-order valence-corrected chi connectivity index (χ2v) is 13.0. The molecule has 2 aliphatic heterocycles. The summed E-state index contributed by atoms with van der Waals surface area (Å²) in [6.45, 7) is 4.76. The zero-order valence-electron chi connectivity index (χ0n) is 31.2. The Hall–Kier alpha value is -5.98. The molecular weight excluding hydrogens is 762 g/mol. The molecular formula is C38H43F4N5O10. The normalized spacial score (nSPS) is 14.9. The summed E-state index contributed by atoms with van der Waals surface area (Å²) in [6, 6.07) is 11.9. The van der Waals surface area contributed by atoms with Gasteiger partial charge in [0, 0.05) is 69.0 Å². The van der Waals surface area contributed by atoms with Gasteiger partial charge in [-0.1, -0.05) is 6.07 Å². The van der Waals surface area contributed by atoms with Crippen molar-refractivity contribution in [1.29, 1.82) is 0 Å². The lowest BCUT2D eigenvalue weighted by atomic mass is 10.0. The molecule has 0 atom stereocenters. The average Bonchev–Trinajstić information content (AvgIpc) is 3.19. The number of anilines is 2. The monoisotopic (exact) mass is 805 g/mol. The van der Waals surface area contributed by atoms with E-state index in [4.69, 9.17) is 29.9 Å². The van der Waals surface area contributed by atoms with Crippen LogP contribution in [-0.4, -0.2) is 119 Å². The number of fused-ring (bicyclic) bond motifs is 2. The number of aromatic nitrogens is 2. The topological polar surface area (TPSA) is 203 Å². The SMILES string of the molecule is COc1cc(N2CCN(C3CCN(c4ccc(F)c5c(OC)cc(C(F)(F)F)nc45)CC3)CC2)c2ncccc2c1.O=C(O)CCC(=O)O.O=C(O)CCC(=O)O. The Morgan fingerprint density at radius 2 is 1.30 bits per heavy atom. The number of benzene rings is 2. The van der Waals surface area contributed by atoms with E-state index in [0.29, 0.717) is 24.8 Å². The molecule has 0 aliphatic carbocycles. The average molecular weight is 806 g/mol. The van der Waals surface area contributed by atoms with Gasteiger partial charge >= 0.3 is 30.1 Å². The fourth-order valence-corrected chi connectivity index (χ4v) is 6.55. The molecule has 2 aliphatic rings. The summed E-state index contributed by atoms with van der Waals surface area (Å²) >= 11 is 0. The highest BCUT2D eigenvalue weighted by atomic mass is 19.4. The molecule has 4 aromatic rings. The summed E-state index contributed by atoms with van der Waals surface area (Å²) in [4.78, 5) is 53.9. The number of carbonyl (C=O) groups is 4. The number of ether oxygens (including phenoxy) is 2. The second-order valence-electron chi connectivity index (χ2n) is 13.0. The summed E-state index contributed by atoms with van der Waals surface area (Å²) in [5.41, 5.74) is 1.40. The van der Waals surface area contributed by atoms with E-state index >= 15 is 0 Å². The molecule has 2 aromatic heterocycles. The van der Waals surface area contributed by atoms with Gasteiger partial charge < -0.3 is 39.7 Å². The van der Waals surface area contributed by atoms with E-state index in [9.17, 15) is 36.7 Å². The van der Waals surface area contributed by atoms with Crippen LogP contribution in [0.2, 0.25) is 0 Å². The molecule has 57 heavy (non-hydrogen) atoms. The van der Waals surface area contributed by atoms with E-state index in [1.54, 1.807) is 7.11 Å². The lowest BCUT2D eigenvalue weighted by Crippen LogP contribution is -2.53. The minimum absolute atomic E-state index is 0.0251. The third-order valence-electron chi connectivity index (χ3n) is 9.34. The Labute approximate surface area is 324 Å². The van der Waals surface area contributed by atoms with Crippen LogP contribution in [0.25, 0.3) is 21.8 Å². The maximum absolute atomic E-state index is 14.8. The summed E-state index contributed by atoms with van der Waals surface area (Å²) in [6.07, 6.45) is -2.36. The van der Waals surface area contributed by atoms with Crippen LogP contribution in [0.4, 0.5) is 28.9 Å². The van der Waals surface area contributed by atoms with E-state index in [-0.39, 0.29) is 42.3 Å². The van der Waals surface area contributed by atoms with E-state index in [1.807, 2.05) is 35.4 Å². The van der Waals surface area contributed by atoms with Crippen molar-refractivity contribution in [2.45, 2.75) is 50.7 Å². The van der Waals surface area contributed by atoms with E-state index in [0.717, 1.165) is 67.4 Å². The molecule has 19 heteroatoms. The Morgan fingerprint density at radius 3 is 1.81 bits per heavy atom. The number of carboxylic acid groups (broad SMARTS) is 4. The number of nitrogens with zero attached hydrogens (tertiary/aromatic N) is 5. The third-order valence-corrected chi connectivity index (χ3v) is 9.34. The van der Waals surface area contributed by atoms with Gasteiger partial charge in [0.15, 0.2) is 0 Å². The highest BCUT2D eigenvalue weighted by Crippen LogP contribution is 2.39. The Bertz CT molecular complexity index is 2000. The molecule has 0 spiro atoms. The third kappa shape index (κ3) is 12.0. The number of pyridine rings is 2. The number of aliphatic carboxylic acids is 4. The van der Waals surface area contributed by atoms with Crippen molar-refractivity contribution in [2.75, 3.05) is 63.3 Å². The number of hydrogen-bond donors (Lipinski definition) is 4. The number of piperazine rings is 1. The second kappa shape index (κ2) is 19.7. The minimum atomic E-state index is -4.67. The van der Waals surface area contributed by atoms with Crippen molar-refractivity contribution >= 4 is 57.1 Å². The maximum atomic E-state index is 14.8. The van der Waals surface area contributed by atoms with Crippen molar-refractivity contribution in [3.63, 3.8) is 0 Å². The molecule has 4 N–H and O–H groups in total. The van der Waals surface area contributed by atoms with E-state index in [2.05, 4.69) is 19.8 Å². The zero-order chi connectivity index (χ0) is 41.9. The first-order chi connectivity index (χ1) is 27.0. The van der Waals surface area contributed by atoms with Crippen LogP contribution in [0.15, 0.2) is 48.7 Å². The van der Waals surface area contributed by atoms with Crippen LogP contribution in [0.5, 0.6) is 11.5 Å². The van der Waals surface area contributed by atoms with Crippen LogP contribution in [-0.2, 0) is 25.4 Å². The summed E-state index contributed by atoms with van der Waals surface area (Å²) < 4.78 is 66.1. The molecule has 0 radical (unpaired) electrons. The van der Waals surface area contributed by atoms with Gasteiger partial charge in [0.2, 0.25) is 0 Å². The van der Waals surface area contributed by atoms with Gasteiger partial charge in [-0.2, -0.15) is 13.2 Å². The van der Waals surface area contributed by atoms with Crippen LogP contribution < -0.4 is 19.3 Å². The molecule has 6 rings (SSSR count). The molecule has 15 nitrogen and oxygen atoms in total. The summed E-state index contributed by atoms with van der Waals surface area (Å²) in [5, 5.41) is 32.6. The van der Waals surface area contributed by atoms with Crippen molar-refractivity contribution < 1.29 is 66.6 Å². The lowest BCUT2D eigenvalue weighted by molar-refractivity contribution is -0.143. The van der Waals surface area contributed by atoms with Gasteiger partial charge in [-0.15, -0.1) is 0 Å². The number of halogens is 4. The standard InChI is InChI=1S/C30H31F4N5O2.2C4H6O4/c1-40-21-16-19-4-3-9-35-28(19)24(17-21)39-14-12-37(13-15-39)20-7-10-38(11-8-20)23-6-5-22(31)27-25(41-2)18-26(30(32,33)34)36-29(23)27;2*5-3(6)1-2-4(7)8/h3-6,9,16-18,20H,7-8,10-15H2,1-2H3;2*1-2H2,(H,5,6)(H,7,8). The van der Waals surface area contributed by atoms with Gasteiger partial charge in [-0.05, 0) is 37.1 Å². The van der Waals surface area contributed by atoms with Crippen LogP contribution in [0, 0.1) is 5.82 Å². The van der Waals surface area contributed by atoms with Gasteiger partial charge in [-0.25, -0.2) is 9.37 Å². The number of alkyl halides is 3. The molecule has 308 valence electrons. The number of rotatable bonds is 11. The molecule has 2 saturated heterocycles. The fourth-order valence-electron chi connectivity index (χ4n) is 6.55. The largest absolute Gasteiger partial charge is 0.497 e. The zero-order valence-corrected chi connectivity index (χ0v) is 31.2. The Morgan fingerprint density at radius 1 is 0.737 bits per heavy atom. The van der Waals surface area contributed by atoms with Crippen molar-refractivity contribution in [1.82, 2.24) is 14.9 Å². The number of piperidine rings is 1. The first-order valence-corrected chi connectivity index (χ1v) is 17.8.